The molecule has 8 nitrogen and oxygen atoms in total. The third-order valence-electron chi connectivity index (χ3n) is 7.07. The number of carbonyl (C=O) groups is 2. The van der Waals surface area contributed by atoms with Gasteiger partial charge in [-0.05, 0) is 63.6 Å². The van der Waals surface area contributed by atoms with Crippen LogP contribution in [0.1, 0.15) is 65.4 Å². The number of halogens is 4. The highest BCUT2D eigenvalue weighted by Crippen LogP contribution is 2.30. The van der Waals surface area contributed by atoms with Gasteiger partial charge in [0.1, 0.15) is 5.75 Å². The summed E-state index contributed by atoms with van der Waals surface area (Å²) in [6.45, 7) is 5.88. The lowest BCUT2D eigenvalue weighted by Gasteiger charge is -2.33. The highest BCUT2D eigenvalue weighted by atomic mass is 35.5. The number of alkyl halides is 2. The summed E-state index contributed by atoms with van der Waals surface area (Å²) < 4.78 is 36.4. The quantitative estimate of drug-likeness (QED) is 0.281. The Balaban J connectivity index is 1.53. The fraction of sp³-hybridized carbons (Fsp3) is 0.414. The maximum Gasteiger partial charge on any atom is 0.387 e. The van der Waals surface area contributed by atoms with Crippen LogP contribution >= 0.6 is 23.2 Å². The molecule has 0 bridgehead atoms. The Morgan fingerprint density at radius 3 is 2.49 bits per heavy atom. The number of hydrogen-bond donors (Lipinski definition) is 1. The number of nitrogens with one attached hydrogen (secondary N) is 1. The summed E-state index contributed by atoms with van der Waals surface area (Å²) in [7, 11) is 0. The first-order valence-electron chi connectivity index (χ1n) is 13.2. The van der Waals surface area contributed by atoms with Crippen LogP contribution in [0.5, 0.6) is 5.75 Å². The molecule has 0 aliphatic carbocycles. The summed E-state index contributed by atoms with van der Waals surface area (Å²) in [6, 6.07) is 11.0. The molecule has 1 N–H and O–H groups in total. The molecule has 1 aromatic heterocycles. The monoisotopic (exact) mass is 608 g/mol. The minimum Gasteiger partial charge on any atom is -0.461 e. The number of aromatic nitrogens is 2. The van der Waals surface area contributed by atoms with E-state index in [2.05, 4.69) is 10.1 Å². The molecule has 0 saturated heterocycles. The van der Waals surface area contributed by atoms with Crippen molar-refractivity contribution in [2.24, 2.45) is 0 Å². The Morgan fingerprint density at radius 1 is 1.15 bits per heavy atom. The van der Waals surface area contributed by atoms with Crippen molar-refractivity contribution in [3.63, 3.8) is 0 Å². The normalized spacial score (nSPS) is 15.1. The summed E-state index contributed by atoms with van der Waals surface area (Å²) in [4.78, 5) is 28.2. The Bertz CT molecular complexity index is 1410. The van der Waals surface area contributed by atoms with Crippen LogP contribution in [0, 0.1) is 0 Å². The van der Waals surface area contributed by atoms with E-state index in [1.165, 1.54) is 18.2 Å². The van der Waals surface area contributed by atoms with Crippen molar-refractivity contribution in [3.05, 3.63) is 80.6 Å². The van der Waals surface area contributed by atoms with Crippen molar-refractivity contribution >= 4 is 35.1 Å². The molecule has 0 radical (unpaired) electrons. The number of rotatable bonds is 10. The molecule has 4 rings (SSSR count). The summed E-state index contributed by atoms with van der Waals surface area (Å²) >= 11 is 12.2. The van der Waals surface area contributed by atoms with Crippen molar-refractivity contribution in [1.29, 1.82) is 0 Å². The molecule has 1 atom stereocenters. The van der Waals surface area contributed by atoms with Gasteiger partial charge in [-0.2, -0.15) is 13.9 Å². The Kier molecular flexibility index (Phi) is 9.56. The minimum atomic E-state index is -2.88. The van der Waals surface area contributed by atoms with E-state index in [4.69, 9.17) is 33.0 Å². The lowest BCUT2D eigenvalue weighted by atomic mass is 9.94. The van der Waals surface area contributed by atoms with Crippen LogP contribution < -0.4 is 10.1 Å². The zero-order chi connectivity index (χ0) is 29.9. The first-order chi connectivity index (χ1) is 19.4. The molecule has 2 aromatic carbocycles. The van der Waals surface area contributed by atoms with Crippen molar-refractivity contribution in [1.82, 2.24) is 20.0 Å². The van der Waals surface area contributed by atoms with Gasteiger partial charge >= 0.3 is 12.6 Å². The van der Waals surface area contributed by atoms with Crippen molar-refractivity contribution in [2.75, 3.05) is 13.2 Å². The molecular weight excluding hydrogens is 577 g/mol. The molecule has 1 aliphatic heterocycles. The summed E-state index contributed by atoms with van der Waals surface area (Å²) in [6.07, 6.45) is 0.466. The van der Waals surface area contributed by atoms with Crippen molar-refractivity contribution in [3.8, 4) is 5.75 Å². The van der Waals surface area contributed by atoms with Crippen LogP contribution in [-0.4, -0.2) is 52.4 Å². The van der Waals surface area contributed by atoms with Gasteiger partial charge in [-0.25, -0.2) is 4.79 Å². The number of esters is 1. The summed E-state index contributed by atoms with van der Waals surface area (Å²) in [5, 5.41) is 8.83. The van der Waals surface area contributed by atoms with Crippen LogP contribution in [0.2, 0.25) is 10.0 Å². The van der Waals surface area contributed by atoms with Gasteiger partial charge in [-0.1, -0.05) is 35.3 Å². The van der Waals surface area contributed by atoms with E-state index in [1.54, 1.807) is 40.8 Å². The number of amides is 1. The molecule has 0 fully saturated rings. The van der Waals surface area contributed by atoms with Gasteiger partial charge in [0.05, 0.1) is 35.4 Å². The smallest absolute Gasteiger partial charge is 0.387 e. The van der Waals surface area contributed by atoms with Gasteiger partial charge in [0.25, 0.3) is 5.91 Å². The maximum atomic E-state index is 13.4. The largest absolute Gasteiger partial charge is 0.461 e. The molecule has 1 amide bonds. The second-order valence-electron chi connectivity index (χ2n) is 10.3. The average molecular weight is 610 g/mol. The van der Waals surface area contributed by atoms with Crippen molar-refractivity contribution < 1.29 is 27.8 Å². The van der Waals surface area contributed by atoms with E-state index in [-0.39, 0.29) is 35.9 Å². The Labute approximate surface area is 247 Å². The summed E-state index contributed by atoms with van der Waals surface area (Å²) in [5.74, 6) is -0.647. The van der Waals surface area contributed by atoms with Crippen LogP contribution in [-0.2, 0) is 29.8 Å². The molecule has 1 aliphatic rings. The fourth-order valence-corrected chi connectivity index (χ4v) is 5.18. The predicted octanol–water partition coefficient (Wildman–Crippen LogP) is 6.08. The molecule has 12 heteroatoms. The van der Waals surface area contributed by atoms with Crippen molar-refractivity contribution in [2.45, 2.75) is 65.4 Å². The first kappa shape index (κ1) is 30.7. The standard InChI is InChI=1S/C29H32Cl2F2N4O4/c1-5-40-27(39)25-21-16-36(26(38)18-6-11-22(30)23(31)15-18)17(2)14-24(21)35-37(25)13-12-34-29(3,4)19-7-9-20(10-8-19)41-28(32)33/h6-11,15,17,28,34H,5,12-14,16H2,1-4H3/t17-/m1/s1. The Morgan fingerprint density at radius 2 is 1.85 bits per heavy atom. The number of ether oxygens (including phenoxy) is 2. The van der Waals surface area contributed by atoms with Gasteiger partial charge < -0.3 is 19.7 Å². The van der Waals surface area contributed by atoms with E-state index < -0.39 is 18.1 Å². The van der Waals surface area contributed by atoms with E-state index in [9.17, 15) is 18.4 Å². The summed E-state index contributed by atoms with van der Waals surface area (Å²) in [5.41, 5.74) is 2.47. The molecule has 2 heterocycles. The first-order valence-corrected chi connectivity index (χ1v) is 14.0. The molecule has 0 spiro atoms. The molecule has 41 heavy (non-hydrogen) atoms. The lowest BCUT2D eigenvalue weighted by Crippen LogP contribution is -2.42. The van der Waals surface area contributed by atoms with Gasteiger partial charge in [0, 0.05) is 35.7 Å². The highest BCUT2D eigenvalue weighted by Gasteiger charge is 2.35. The zero-order valence-corrected chi connectivity index (χ0v) is 24.7. The topological polar surface area (TPSA) is 85.7 Å². The second-order valence-corrected chi connectivity index (χ2v) is 11.1. The number of hydrogen-bond acceptors (Lipinski definition) is 6. The lowest BCUT2D eigenvalue weighted by molar-refractivity contribution is -0.0498. The van der Waals surface area contributed by atoms with Crippen LogP contribution in [0.25, 0.3) is 0 Å². The van der Waals surface area contributed by atoms with Gasteiger partial charge in [0.2, 0.25) is 0 Å². The van der Waals surface area contributed by atoms with E-state index in [1.807, 2.05) is 20.8 Å². The minimum absolute atomic E-state index is 0.0849. The maximum absolute atomic E-state index is 13.4. The van der Waals surface area contributed by atoms with E-state index >= 15 is 0 Å². The SMILES string of the molecule is CCOC(=O)c1c2c(nn1CCNC(C)(C)c1ccc(OC(F)F)cc1)C[C@@H](C)N(C(=O)c1ccc(Cl)c(Cl)c1)C2. The molecule has 220 valence electrons. The molecule has 0 saturated carbocycles. The number of carbonyl (C=O) groups excluding carboxylic acids is 2. The van der Waals surface area contributed by atoms with Crippen LogP contribution in [0.4, 0.5) is 8.78 Å². The molecular formula is C29H32Cl2F2N4O4. The van der Waals surface area contributed by atoms with Crippen LogP contribution in [0.3, 0.4) is 0 Å². The third-order valence-corrected chi connectivity index (χ3v) is 7.81. The number of benzene rings is 2. The molecule has 0 unspecified atom stereocenters. The van der Waals surface area contributed by atoms with Gasteiger partial charge in [0.15, 0.2) is 5.69 Å². The number of nitrogens with zero attached hydrogens (tertiary/aromatic N) is 3. The predicted molar refractivity (Wildman–Crippen MR) is 152 cm³/mol. The Hall–Kier alpha value is -3.21. The highest BCUT2D eigenvalue weighted by molar-refractivity contribution is 6.42. The van der Waals surface area contributed by atoms with E-state index in [0.29, 0.717) is 41.4 Å². The number of fused-ring (bicyclic) bond motifs is 1. The molecule has 3 aromatic rings. The van der Waals surface area contributed by atoms with Gasteiger partial charge in [-0.15, -0.1) is 0 Å². The fourth-order valence-electron chi connectivity index (χ4n) is 4.88. The zero-order valence-electron chi connectivity index (χ0n) is 23.2. The van der Waals surface area contributed by atoms with Gasteiger partial charge in [-0.3, -0.25) is 9.48 Å². The van der Waals surface area contributed by atoms with E-state index in [0.717, 1.165) is 11.3 Å². The average Bonchev–Trinajstić information content (AvgIpc) is 3.26. The van der Waals surface area contributed by atoms with Crippen LogP contribution in [0.15, 0.2) is 42.5 Å². The third kappa shape index (κ3) is 6.99. The second kappa shape index (κ2) is 12.8.